The van der Waals surface area contributed by atoms with Gasteiger partial charge >= 0.3 is 12.0 Å². The number of nitroso groups, excluding NO2 is 1. The molecule has 5 fully saturated rings. The summed E-state index contributed by atoms with van der Waals surface area (Å²) in [6.45, 7) is 18.8. The predicted molar refractivity (Wildman–Crippen MR) is 197 cm³/mol. The second-order valence-corrected chi connectivity index (χ2v) is 19.8. The van der Waals surface area contributed by atoms with Gasteiger partial charge in [-0.15, -0.1) is 16.5 Å². The van der Waals surface area contributed by atoms with Crippen molar-refractivity contribution in [2.75, 3.05) is 12.4 Å². The zero-order valence-corrected chi connectivity index (χ0v) is 32.8. The third-order valence-electron chi connectivity index (χ3n) is 16.0. The number of aliphatic hydroxyl groups excluding tert-OH is 2. The van der Waals surface area contributed by atoms with Crippen LogP contribution in [-0.2, 0) is 4.79 Å². The Morgan fingerprint density at radius 3 is 2.16 bits per heavy atom. The van der Waals surface area contributed by atoms with Crippen LogP contribution in [0.5, 0.6) is 0 Å². The van der Waals surface area contributed by atoms with Crippen LogP contribution in [0.15, 0.2) is 16.9 Å². The average Bonchev–Trinajstić information content (AvgIpc) is 3.03. The van der Waals surface area contributed by atoms with Crippen LogP contribution in [0, 0.1) is 61.1 Å². The Morgan fingerprint density at radius 1 is 0.900 bits per heavy atom. The molecule has 2 amide bonds. The molecule has 6 aliphatic carbocycles. The number of allylic oxidation sites excluding steroid dienone is 2. The molecule has 5 saturated carbocycles. The summed E-state index contributed by atoms with van der Waals surface area (Å²) in [6, 6.07) is -0.265. The van der Waals surface area contributed by atoms with Gasteiger partial charge in [0.25, 0.3) is 0 Å². The number of fused-ring (bicyclic) bond motifs is 7. The van der Waals surface area contributed by atoms with Gasteiger partial charge in [-0.05, 0) is 134 Å². The number of nitrogens with zero attached hydrogens (tertiary/aromatic N) is 2. The minimum absolute atomic E-state index is 0.0218. The maximum Gasteiger partial charge on any atom is 0.340 e. The largest absolute Gasteiger partial charge is 0.481 e. The topological polar surface area (TPSA) is 140 Å². The molecule has 0 aromatic heterocycles. The van der Waals surface area contributed by atoms with E-state index in [2.05, 4.69) is 72.1 Å². The van der Waals surface area contributed by atoms with Crippen LogP contribution in [-0.4, -0.2) is 63.0 Å². The molecule has 0 aromatic carbocycles. The third kappa shape index (κ3) is 6.35. The van der Waals surface area contributed by atoms with Gasteiger partial charge in [-0.25, -0.2) is 4.79 Å². The van der Waals surface area contributed by atoms with Crippen LogP contribution in [0.1, 0.15) is 139 Å². The highest BCUT2D eigenvalue weighted by molar-refractivity contribution is 6.18. The molecule has 0 saturated heterocycles. The van der Waals surface area contributed by atoms with E-state index in [4.69, 9.17) is 11.6 Å². The maximum atomic E-state index is 12.8. The molecule has 0 heterocycles. The summed E-state index contributed by atoms with van der Waals surface area (Å²) in [6.07, 6.45) is 13.5. The van der Waals surface area contributed by atoms with E-state index in [0.29, 0.717) is 24.7 Å². The molecule has 50 heavy (non-hydrogen) atoms. The van der Waals surface area contributed by atoms with Crippen molar-refractivity contribution in [2.24, 2.45) is 61.4 Å². The number of carbonyl (C=O) groups excluding carboxylic acids is 1. The van der Waals surface area contributed by atoms with Crippen molar-refractivity contribution in [3.05, 3.63) is 16.6 Å². The fourth-order valence-corrected chi connectivity index (χ4v) is 12.8. The Balaban J connectivity index is 0.000000256. The van der Waals surface area contributed by atoms with Gasteiger partial charge in [0.15, 0.2) is 0 Å². The van der Waals surface area contributed by atoms with Crippen LogP contribution in [0.25, 0.3) is 0 Å². The summed E-state index contributed by atoms with van der Waals surface area (Å²) in [5.74, 6) is 1.03. The summed E-state index contributed by atoms with van der Waals surface area (Å²) in [5, 5.41) is 39.4. The zero-order valence-electron chi connectivity index (χ0n) is 32.1. The van der Waals surface area contributed by atoms with E-state index < -0.39 is 23.5 Å². The van der Waals surface area contributed by atoms with Gasteiger partial charge in [0.1, 0.15) is 5.41 Å². The Labute approximate surface area is 305 Å². The number of carboxylic acid groups (broad SMARTS) is 1. The number of hydrogen-bond donors (Lipinski definition) is 4. The number of carbonyl (C=O) groups is 2. The first kappa shape index (κ1) is 39.5. The van der Waals surface area contributed by atoms with Crippen molar-refractivity contribution in [1.82, 2.24) is 10.3 Å². The molecule has 0 aliphatic heterocycles. The van der Waals surface area contributed by atoms with E-state index in [1.807, 2.05) is 0 Å². The van der Waals surface area contributed by atoms with Crippen LogP contribution in [0.3, 0.4) is 0 Å². The van der Waals surface area contributed by atoms with Crippen molar-refractivity contribution >= 4 is 23.6 Å². The SMILES string of the molecule is CC1(C)CCC2(C(=O)O)C(O)CC3(C)C(=CCC4C5(C)CCC(O)C(C)(C)C5CCC43C)C2C1.CC1CCC(NC(=O)N(CCCl)N=O)CC1. The normalized spacial score (nSPS) is 44.3. The van der Waals surface area contributed by atoms with Gasteiger partial charge in [-0.1, -0.05) is 67.0 Å². The van der Waals surface area contributed by atoms with E-state index >= 15 is 0 Å². The van der Waals surface area contributed by atoms with E-state index in [1.54, 1.807) is 0 Å². The molecule has 0 radical (unpaired) electrons. The second-order valence-electron chi connectivity index (χ2n) is 19.5. The standard InChI is InChI=1S/C30H48O4.C10H18ClN3O2/c1-25(2)14-15-30(24(33)34)19(16-25)18-8-9-21-27(5)12-11-22(31)26(3,4)20(27)10-13-28(21,6)29(18,7)17-23(30)32;1-8-2-4-9(5-3-8)12-10(15)14(13-16)7-6-11/h8,19-23,31-32H,9-17H2,1-7H3,(H,33,34);8-9H,2-7H2,1H3,(H,12,15). The quantitative estimate of drug-likeness (QED) is 0.0970. The monoisotopic (exact) mass is 719 g/mol. The van der Waals surface area contributed by atoms with Gasteiger partial charge in [-0.3, -0.25) is 4.79 Å². The molecule has 4 N–H and O–H groups in total. The van der Waals surface area contributed by atoms with E-state index in [1.165, 1.54) is 5.57 Å². The first-order chi connectivity index (χ1) is 23.2. The highest BCUT2D eigenvalue weighted by Crippen LogP contribution is 2.75. The number of nitrogens with one attached hydrogen (secondary N) is 1. The molecular weight excluding hydrogens is 654 g/mol. The number of rotatable bonds is 5. The van der Waals surface area contributed by atoms with Gasteiger partial charge in [0.05, 0.1) is 24.0 Å². The minimum Gasteiger partial charge on any atom is -0.481 e. The van der Waals surface area contributed by atoms with Crippen molar-refractivity contribution in [3.8, 4) is 0 Å². The Morgan fingerprint density at radius 2 is 1.56 bits per heavy atom. The van der Waals surface area contributed by atoms with Gasteiger partial charge in [0.2, 0.25) is 0 Å². The molecule has 9 unspecified atom stereocenters. The molecule has 9 atom stereocenters. The first-order valence-corrected chi connectivity index (χ1v) is 20.0. The Hall–Kier alpha value is -1.71. The molecule has 0 spiro atoms. The number of amides is 2. The first-order valence-electron chi connectivity index (χ1n) is 19.5. The second kappa shape index (κ2) is 13.9. The van der Waals surface area contributed by atoms with Crippen LogP contribution >= 0.6 is 11.6 Å². The van der Waals surface area contributed by atoms with Crippen molar-refractivity contribution in [3.63, 3.8) is 0 Å². The fraction of sp³-hybridized carbons (Fsp3) is 0.900. The lowest BCUT2D eigenvalue weighted by Gasteiger charge is -2.71. The molecule has 284 valence electrons. The fourth-order valence-electron chi connectivity index (χ4n) is 12.6. The molecule has 6 rings (SSSR count). The summed E-state index contributed by atoms with van der Waals surface area (Å²) >= 11 is 5.46. The highest BCUT2D eigenvalue weighted by Gasteiger charge is 2.71. The van der Waals surface area contributed by atoms with Crippen molar-refractivity contribution in [2.45, 2.75) is 157 Å². The lowest BCUT2D eigenvalue weighted by atomic mass is 9.33. The van der Waals surface area contributed by atoms with Gasteiger partial charge in [0, 0.05) is 11.9 Å². The molecule has 10 heteroatoms. The Kier molecular flexibility index (Phi) is 11.0. The van der Waals surface area contributed by atoms with E-state index in [9.17, 15) is 29.8 Å². The summed E-state index contributed by atoms with van der Waals surface area (Å²) in [5.41, 5.74) is 0.295. The third-order valence-corrected chi connectivity index (χ3v) is 16.2. The molecule has 0 bridgehead atoms. The number of halogens is 1. The zero-order chi connectivity index (χ0) is 37.1. The van der Waals surface area contributed by atoms with Crippen molar-refractivity contribution < 1.29 is 24.9 Å². The predicted octanol–water partition coefficient (Wildman–Crippen LogP) is 8.70. The number of alkyl halides is 1. The lowest BCUT2D eigenvalue weighted by Crippen LogP contribution is -2.67. The van der Waals surface area contributed by atoms with Crippen LogP contribution in [0.4, 0.5) is 4.79 Å². The highest BCUT2D eigenvalue weighted by atomic mass is 35.5. The number of carboxylic acids is 1. The summed E-state index contributed by atoms with van der Waals surface area (Å²) < 4.78 is 0. The molecule has 0 aromatic rings. The number of hydrogen-bond acceptors (Lipinski definition) is 6. The maximum absolute atomic E-state index is 12.8. The summed E-state index contributed by atoms with van der Waals surface area (Å²) in [4.78, 5) is 34.8. The minimum atomic E-state index is -1.04. The average molecular weight is 720 g/mol. The van der Waals surface area contributed by atoms with Gasteiger partial charge in [-0.2, -0.15) is 5.01 Å². The van der Waals surface area contributed by atoms with E-state index in [-0.39, 0.29) is 57.6 Å². The van der Waals surface area contributed by atoms with Crippen LogP contribution in [0.2, 0.25) is 0 Å². The van der Waals surface area contributed by atoms with Gasteiger partial charge < -0.3 is 20.6 Å². The number of urea groups is 1. The Bertz CT molecular complexity index is 1330. The lowest BCUT2D eigenvalue weighted by molar-refractivity contribution is -0.218. The number of aliphatic hydroxyl groups is 2. The van der Waals surface area contributed by atoms with Crippen molar-refractivity contribution in [1.29, 1.82) is 0 Å². The molecule has 9 nitrogen and oxygen atoms in total. The van der Waals surface area contributed by atoms with E-state index in [0.717, 1.165) is 81.6 Å². The summed E-state index contributed by atoms with van der Waals surface area (Å²) in [7, 11) is 0. The molecular formula is C40H66ClN3O6. The van der Waals surface area contributed by atoms with Crippen LogP contribution < -0.4 is 5.32 Å². The smallest absolute Gasteiger partial charge is 0.340 e. The number of aliphatic carboxylic acids is 1. The molecule has 6 aliphatic rings.